The number of amides is 1. The van der Waals surface area contributed by atoms with E-state index in [0.29, 0.717) is 11.5 Å². The van der Waals surface area contributed by atoms with Crippen molar-refractivity contribution in [1.82, 2.24) is 9.59 Å². The van der Waals surface area contributed by atoms with Crippen LogP contribution in [0.3, 0.4) is 0 Å². The first kappa shape index (κ1) is 18.2. The van der Waals surface area contributed by atoms with Crippen LogP contribution in [0.2, 0.25) is 0 Å². The smallest absolute Gasteiger partial charge is 0.319 e. The Morgan fingerprint density at radius 1 is 1.22 bits per heavy atom. The van der Waals surface area contributed by atoms with E-state index in [0.717, 1.165) is 12.1 Å². The molecule has 0 aliphatic carbocycles. The topological polar surface area (TPSA) is 54.9 Å². The van der Waals surface area contributed by atoms with Gasteiger partial charge in [0.05, 0.1) is 11.3 Å². The molecule has 2 aromatic rings. The Morgan fingerprint density at radius 3 is 2.26 bits per heavy atom. The largest absolute Gasteiger partial charge is 0.416 e. The number of alkyl halides is 5. The molecular formula is C11H4Br2F5N3OS. The minimum absolute atomic E-state index is 0.0309. The number of anilines is 1. The second kappa shape index (κ2) is 6.77. The van der Waals surface area contributed by atoms with Gasteiger partial charge in [0.2, 0.25) is 0 Å². The van der Waals surface area contributed by atoms with E-state index in [4.69, 9.17) is 0 Å². The van der Waals surface area contributed by atoms with Gasteiger partial charge in [0.1, 0.15) is 4.88 Å². The van der Waals surface area contributed by atoms with Gasteiger partial charge in [-0.3, -0.25) is 4.79 Å². The second-order valence-corrected chi connectivity index (χ2v) is 6.52. The van der Waals surface area contributed by atoms with Crippen LogP contribution < -0.4 is 5.32 Å². The Morgan fingerprint density at radius 2 is 1.78 bits per heavy atom. The molecule has 1 aromatic carbocycles. The zero-order chi connectivity index (χ0) is 17.4. The number of carbonyl (C=O) groups is 1. The van der Waals surface area contributed by atoms with Gasteiger partial charge in [-0.15, -0.1) is 5.10 Å². The highest BCUT2D eigenvalue weighted by molar-refractivity contribution is 9.11. The van der Waals surface area contributed by atoms with Crippen LogP contribution in [0.5, 0.6) is 0 Å². The second-order valence-electron chi connectivity index (χ2n) is 4.05. The summed E-state index contributed by atoms with van der Waals surface area (Å²) in [4.78, 5) is 11.6. The van der Waals surface area contributed by atoms with Crippen molar-refractivity contribution in [3.63, 3.8) is 0 Å². The maximum absolute atomic E-state index is 12.7. The van der Waals surface area contributed by atoms with Crippen LogP contribution in [0, 0.1) is 0 Å². The van der Waals surface area contributed by atoms with Gasteiger partial charge in [-0.2, -0.15) is 13.2 Å². The first-order valence-corrected chi connectivity index (χ1v) is 7.95. The van der Waals surface area contributed by atoms with Crippen molar-refractivity contribution in [2.45, 2.75) is 12.6 Å². The van der Waals surface area contributed by atoms with Crippen LogP contribution in [0.15, 0.2) is 21.1 Å². The number of benzene rings is 1. The van der Waals surface area contributed by atoms with Crippen molar-refractivity contribution in [2.75, 3.05) is 5.32 Å². The normalized spacial score (nSPS) is 11.8. The lowest BCUT2D eigenvalue weighted by Crippen LogP contribution is -2.14. The van der Waals surface area contributed by atoms with E-state index in [9.17, 15) is 26.7 Å². The van der Waals surface area contributed by atoms with E-state index < -0.39 is 34.6 Å². The summed E-state index contributed by atoms with van der Waals surface area (Å²) in [6.07, 6.45) is -7.56. The molecule has 1 amide bonds. The highest BCUT2D eigenvalue weighted by atomic mass is 79.9. The SMILES string of the molecule is O=C(Nc1c(Br)cc(C(F)(F)F)cc1Br)c1snnc1C(F)F. The van der Waals surface area contributed by atoms with Crippen molar-refractivity contribution in [1.29, 1.82) is 0 Å². The molecule has 0 fully saturated rings. The number of carbonyl (C=O) groups excluding carboxylic acids is 1. The van der Waals surface area contributed by atoms with Crippen molar-refractivity contribution in [3.8, 4) is 0 Å². The maximum Gasteiger partial charge on any atom is 0.416 e. The Hall–Kier alpha value is -1.14. The molecule has 1 heterocycles. The summed E-state index contributed by atoms with van der Waals surface area (Å²) < 4.78 is 66.6. The van der Waals surface area contributed by atoms with Crippen LogP contribution in [0.4, 0.5) is 27.6 Å². The van der Waals surface area contributed by atoms with Crippen molar-refractivity contribution in [2.24, 2.45) is 0 Å². The van der Waals surface area contributed by atoms with E-state index >= 15 is 0 Å². The lowest BCUT2D eigenvalue weighted by molar-refractivity contribution is -0.137. The predicted octanol–water partition coefficient (Wildman–Crippen LogP) is 5.27. The summed E-state index contributed by atoms with van der Waals surface area (Å²) in [6, 6.07) is 1.53. The summed E-state index contributed by atoms with van der Waals surface area (Å²) >= 11 is 6.28. The van der Waals surface area contributed by atoms with Gasteiger partial charge in [-0.25, -0.2) is 8.78 Å². The average Bonchev–Trinajstić information content (AvgIpc) is 2.90. The molecule has 0 atom stereocenters. The number of nitrogens with one attached hydrogen (secondary N) is 1. The molecule has 0 radical (unpaired) electrons. The summed E-state index contributed by atoms with van der Waals surface area (Å²) in [5.74, 6) is -0.948. The standard InChI is InChI=1S/C11H4Br2F5N3OS/c12-4-1-3(11(16,17)18)2-5(13)6(4)19-10(22)8-7(9(14)15)20-21-23-8/h1-2,9H,(H,19,22). The van der Waals surface area contributed by atoms with Crippen molar-refractivity contribution >= 4 is 55.0 Å². The molecule has 0 saturated heterocycles. The number of nitrogens with zero attached hydrogens (tertiary/aromatic N) is 2. The third-order valence-electron chi connectivity index (χ3n) is 2.53. The highest BCUT2D eigenvalue weighted by Gasteiger charge is 2.32. The van der Waals surface area contributed by atoms with Gasteiger partial charge in [0.25, 0.3) is 12.3 Å². The first-order valence-electron chi connectivity index (χ1n) is 5.59. The Labute approximate surface area is 146 Å². The third kappa shape index (κ3) is 4.04. The van der Waals surface area contributed by atoms with Gasteiger partial charge in [-0.05, 0) is 55.5 Å². The number of hydrogen-bond donors (Lipinski definition) is 1. The lowest BCUT2D eigenvalue weighted by Gasteiger charge is -2.13. The van der Waals surface area contributed by atoms with Crippen LogP contribution in [-0.2, 0) is 6.18 Å². The van der Waals surface area contributed by atoms with E-state index in [-0.39, 0.29) is 14.6 Å². The van der Waals surface area contributed by atoms with E-state index in [1.807, 2.05) is 0 Å². The molecule has 0 saturated carbocycles. The molecule has 12 heteroatoms. The molecule has 0 unspecified atom stereocenters. The molecule has 0 spiro atoms. The molecule has 0 aliphatic heterocycles. The fourth-order valence-corrected chi connectivity index (χ4v) is 3.48. The maximum atomic E-state index is 12.7. The monoisotopic (exact) mass is 479 g/mol. The van der Waals surface area contributed by atoms with Gasteiger partial charge in [0.15, 0.2) is 5.69 Å². The van der Waals surface area contributed by atoms with Crippen LogP contribution >= 0.6 is 43.4 Å². The van der Waals surface area contributed by atoms with Gasteiger partial charge < -0.3 is 5.32 Å². The Balaban J connectivity index is 2.33. The Bertz CT molecular complexity index is 726. The quantitative estimate of drug-likeness (QED) is 0.609. The molecule has 0 aliphatic rings. The van der Waals surface area contributed by atoms with Gasteiger partial charge in [0, 0.05) is 8.95 Å². The molecular weight excluding hydrogens is 477 g/mol. The number of halogens is 7. The summed E-state index contributed by atoms with van der Waals surface area (Å²) in [5.41, 5.74) is -1.76. The van der Waals surface area contributed by atoms with Crippen molar-refractivity contribution in [3.05, 3.63) is 37.2 Å². The predicted molar refractivity (Wildman–Crippen MR) is 79.7 cm³/mol. The molecule has 1 aromatic heterocycles. The zero-order valence-electron chi connectivity index (χ0n) is 10.6. The lowest BCUT2D eigenvalue weighted by atomic mass is 10.2. The van der Waals surface area contributed by atoms with Gasteiger partial charge in [-0.1, -0.05) is 4.49 Å². The van der Waals surface area contributed by atoms with Gasteiger partial charge >= 0.3 is 6.18 Å². The molecule has 2 rings (SSSR count). The summed E-state index contributed by atoms with van der Waals surface area (Å²) in [5, 5.41) is 5.41. The first-order chi connectivity index (χ1) is 10.6. The summed E-state index contributed by atoms with van der Waals surface area (Å²) in [6.45, 7) is 0. The van der Waals surface area contributed by atoms with Crippen molar-refractivity contribution < 1.29 is 26.7 Å². The van der Waals surface area contributed by atoms with E-state index in [1.54, 1.807) is 0 Å². The molecule has 0 bridgehead atoms. The molecule has 1 N–H and O–H groups in total. The van der Waals surface area contributed by atoms with Crippen LogP contribution in [0.25, 0.3) is 0 Å². The van der Waals surface area contributed by atoms with Crippen LogP contribution in [-0.4, -0.2) is 15.5 Å². The molecule has 124 valence electrons. The minimum Gasteiger partial charge on any atom is -0.319 e. The number of rotatable bonds is 3. The highest BCUT2D eigenvalue weighted by Crippen LogP contribution is 2.39. The average molecular weight is 481 g/mol. The van der Waals surface area contributed by atoms with E-state index in [1.165, 1.54) is 0 Å². The fourth-order valence-electron chi connectivity index (χ4n) is 1.52. The van der Waals surface area contributed by atoms with E-state index in [2.05, 4.69) is 46.8 Å². The van der Waals surface area contributed by atoms with Crippen LogP contribution in [0.1, 0.15) is 27.4 Å². The molecule has 23 heavy (non-hydrogen) atoms. The summed E-state index contributed by atoms with van der Waals surface area (Å²) in [7, 11) is 0. The Kier molecular flexibility index (Phi) is 5.36. The minimum atomic E-state index is -4.57. The fraction of sp³-hybridized carbons (Fsp3) is 0.182. The third-order valence-corrected chi connectivity index (χ3v) is 4.53. The molecule has 4 nitrogen and oxygen atoms in total. The number of aromatic nitrogens is 2. The zero-order valence-corrected chi connectivity index (χ0v) is 14.6. The number of hydrogen-bond acceptors (Lipinski definition) is 4.